The first-order valence-corrected chi connectivity index (χ1v) is 11.5. The molecule has 5 rings (SSSR count). The monoisotopic (exact) mass is 429 g/mol. The highest BCUT2D eigenvalue weighted by Gasteiger charge is 2.24. The lowest BCUT2D eigenvalue weighted by atomic mass is 9.92. The van der Waals surface area contributed by atoms with Crippen molar-refractivity contribution in [1.29, 1.82) is 0 Å². The summed E-state index contributed by atoms with van der Waals surface area (Å²) in [7, 11) is 0. The maximum absolute atomic E-state index is 12.8. The van der Waals surface area contributed by atoms with Gasteiger partial charge in [-0.05, 0) is 49.8 Å². The second-order valence-electron chi connectivity index (χ2n) is 8.84. The van der Waals surface area contributed by atoms with Gasteiger partial charge in [-0.2, -0.15) is 0 Å². The third kappa shape index (κ3) is 3.95. The highest BCUT2D eigenvalue weighted by molar-refractivity contribution is 6.01. The number of nitrogens with one attached hydrogen (secondary N) is 1. The molecular formula is C27H27NO4. The molecule has 164 valence electrons. The van der Waals surface area contributed by atoms with Crippen LogP contribution in [0.2, 0.25) is 0 Å². The summed E-state index contributed by atoms with van der Waals surface area (Å²) >= 11 is 0. The number of carbonyl (C=O) groups is 2. The van der Waals surface area contributed by atoms with Crippen LogP contribution < -0.4 is 0 Å². The second kappa shape index (κ2) is 8.65. The Hall–Kier alpha value is -3.34. The summed E-state index contributed by atoms with van der Waals surface area (Å²) in [6, 6.07) is 13.7. The van der Waals surface area contributed by atoms with E-state index in [-0.39, 0.29) is 12.2 Å². The minimum Gasteiger partial charge on any atom is -0.481 e. The summed E-state index contributed by atoms with van der Waals surface area (Å²) in [5.41, 5.74) is 4.91. The largest absolute Gasteiger partial charge is 0.481 e. The number of aliphatic carboxylic acids is 1. The molecule has 0 bridgehead atoms. The lowest BCUT2D eigenvalue weighted by Crippen LogP contribution is -2.18. The Kier molecular flexibility index (Phi) is 5.56. The molecule has 0 amide bonds. The maximum atomic E-state index is 12.8. The van der Waals surface area contributed by atoms with Crippen LogP contribution in [0.4, 0.5) is 0 Å². The Balaban J connectivity index is 1.19. The Morgan fingerprint density at radius 2 is 1.94 bits per heavy atom. The van der Waals surface area contributed by atoms with Crippen molar-refractivity contribution in [2.45, 2.75) is 51.4 Å². The van der Waals surface area contributed by atoms with Gasteiger partial charge < -0.3 is 14.5 Å². The molecule has 1 aliphatic rings. The predicted octanol–water partition coefficient (Wildman–Crippen LogP) is 6.09. The molecule has 0 fully saturated rings. The molecule has 2 heterocycles. The minimum atomic E-state index is -0.900. The fourth-order valence-electron chi connectivity index (χ4n) is 4.97. The van der Waals surface area contributed by atoms with Gasteiger partial charge in [-0.1, -0.05) is 36.8 Å². The lowest BCUT2D eigenvalue weighted by molar-refractivity contribution is -0.141. The van der Waals surface area contributed by atoms with E-state index in [9.17, 15) is 14.7 Å². The molecule has 0 aliphatic heterocycles. The van der Waals surface area contributed by atoms with Crippen molar-refractivity contribution < 1.29 is 19.1 Å². The molecule has 5 heteroatoms. The van der Waals surface area contributed by atoms with Crippen LogP contribution in [0.5, 0.6) is 0 Å². The average Bonchev–Trinajstić information content (AvgIpc) is 3.49. The van der Waals surface area contributed by atoms with E-state index in [0.29, 0.717) is 12.0 Å². The molecule has 0 spiro atoms. The molecule has 0 saturated heterocycles. The number of fused-ring (bicyclic) bond motifs is 4. The van der Waals surface area contributed by atoms with E-state index in [1.807, 2.05) is 30.5 Å². The molecule has 0 saturated carbocycles. The standard InChI is InChI=1S/C27H27NO4/c29-24(17-12-13-22-21-9-5-11-25(21)32-26(22)15-17)14-18(27(30)31)6-1-2-7-19-16-28-23-10-4-3-8-20(19)23/h3-4,8,10,12-13,15-16,18,28H,1-2,5-7,9,11,14H2,(H,30,31)/t18-/m0/s1. The van der Waals surface area contributed by atoms with E-state index >= 15 is 0 Å². The smallest absolute Gasteiger partial charge is 0.306 e. The Morgan fingerprint density at radius 1 is 1.06 bits per heavy atom. The van der Waals surface area contributed by atoms with E-state index in [0.717, 1.165) is 60.8 Å². The minimum absolute atomic E-state index is 0.0222. The summed E-state index contributed by atoms with van der Waals surface area (Å²) in [4.78, 5) is 27.9. The number of carboxylic acids is 1. The summed E-state index contributed by atoms with van der Waals surface area (Å²) in [6.45, 7) is 0. The number of carbonyl (C=O) groups excluding carboxylic acids is 1. The van der Waals surface area contributed by atoms with Crippen LogP contribution >= 0.6 is 0 Å². The first-order valence-electron chi connectivity index (χ1n) is 11.5. The third-order valence-electron chi connectivity index (χ3n) is 6.73. The van der Waals surface area contributed by atoms with Crippen molar-refractivity contribution in [1.82, 2.24) is 4.98 Å². The lowest BCUT2D eigenvalue weighted by Gasteiger charge is -2.11. The summed E-state index contributed by atoms with van der Waals surface area (Å²) < 4.78 is 5.93. The molecule has 1 aliphatic carbocycles. The molecule has 1 atom stereocenters. The number of Topliss-reactive ketones (excluding diaryl/α,β-unsaturated/α-hetero) is 1. The number of ketones is 1. The molecule has 2 N–H and O–H groups in total. The van der Waals surface area contributed by atoms with Gasteiger partial charge in [-0.15, -0.1) is 0 Å². The normalized spacial score (nSPS) is 14.1. The highest BCUT2D eigenvalue weighted by atomic mass is 16.4. The summed E-state index contributed by atoms with van der Waals surface area (Å²) in [5.74, 6) is -0.665. The van der Waals surface area contributed by atoms with Crippen LogP contribution in [0.3, 0.4) is 0 Å². The summed E-state index contributed by atoms with van der Waals surface area (Å²) in [6.07, 6.45) is 8.20. The summed E-state index contributed by atoms with van der Waals surface area (Å²) in [5, 5.41) is 12.0. The maximum Gasteiger partial charge on any atom is 0.306 e. The molecule has 0 radical (unpaired) electrons. The quantitative estimate of drug-likeness (QED) is 0.249. The van der Waals surface area contributed by atoms with Gasteiger partial charge >= 0.3 is 5.97 Å². The van der Waals surface area contributed by atoms with Crippen molar-refractivity contribution >= 4 is 33.6 Å². The number of rotatable bonds is 9. The molecule has 0 unspecified atom stereocenters. The highest BCUT2D eigenvalue weighted by Crippen LogP contribution is 2.33. The zero-order chi connectivity index (χ0) is 22.1. The van der Waals surface area contributed by atoms with Crippen LogP contribution in [0.15, 0.2) is 53.1 Å². The van der Waals surface area contributed by atoms with E-state index in [4.69, 9.17) is 4.42 Å². The number of carboxylic acid groups (broad SMARTS) is 1. The van der Waals surface area contributed by atoms with Gasteiger partial charge in [0.05, 0.1) is 5.92 Å². The number of aryl methyl sites for hydroxylation is 3. The van der Waals surface area contributed by atoms with Crippen molar-refractivity contribution in [2.75, 3.05) is 0 Å². The Morgan fingerprint density at radius 3 is 2.81 bits per heavy atom. The van der Waals surface area contributed by atoms with Crippen LogP contribution in [0.25, 0.3) is 21.9 Å². The third-order valence-corrected chi connectivity index (χ3v) is 6.73. The van der Waals surface area contributed by atoms with Gasteiger partial charge in [0.25, 0.3) is 0 Å². The van der Waals surface area contributed by atoms with E-state index in [1.165, 1.54) is 16.5 Å². The number of hydrogen-bond acceptors (Lipinski definition) is 3. The molecule has 2 aromatic heterocycles. The number of furan rings is 1. The van der Waals surface area contributed by atoms with Gasteiger partial charge in [0.1, 0.15) is 11.3 Å². The molecule has 4 aromatic rings. The zero-order valence-electron chi connectivity index (χ0n) is 18.0. The van der Waals surface area contributed by atoms with Crippen LogP contribution in [0, 0.1) is 5.92 Å². The Bertz CT molecular complexity index is 1300. The molecule has 5 nitrogen and oxygen atoms in total. The van der Waals surface area contributed by atoms with Crippen LogP contribution in [-0.4, -0.2) is 21.8 Å². The number of H-pyrrole nitrogens is 1. The SMILES string of the molecule is O=C(C[C@H](CCCCc1c[nH]c2ccccc12)C(=O)O)c1ccc2c3c(oc2c1)CCC3. The molecule has 32 heavy (non-hydrogen) atoms. The zero-order valence-corrected chi connectivity index (χ0v) is 18.0. The van der Waals surface area contributed by atoms with E-state index < -0.39 is 11.9 Å². The van der Waals surface area contributed by atoms with Gasteiger partial charge in [0.2, 0.25) is 0 Å². The number of aromatic amines is 1. The second-order valence-corrected chi connectivity index (χ2v) is 8.84. The van der Waals surface area contributed by atoms with Crippen LogP contribution in [-0.2, 0) is 24.1 Å². The number of para-hydroxylation sites is 1. The van der Waals surface area contributed by atoms with Crippen molar-refractivity contribution in [2.24, 2.45) is 5.92 Å². The van der Waals surface area contributed by atoms with Gasteiger partial charge in [0.15, 0.2) is 5.78 Å². The number of benzene rings is 2. The number of unbranched alkanes of at least 4 members (excludes halogenated alkanes) is 1. The Labute approximate surface area is 186 Å². The van der Waals surface area contributed by atoms with Crippen molar-refractivity contribution in [3.8, 4) is 0 Å². The van der Waals surface area contributed by atoms with Gasteiger partial charge in [0, 0.05) is 46.5 Å². The molecule has 2 aromatic carbocycles. The average molecular weight is 430 g/mol. The fraction of sp³-hybridized carbons (Fsp3) is 0.333. The number of hydrogen-bond donors (Lipinski definition) is 2. The number of aromatic nitrogens is 1. The first-order chi connectivity index (χ1) is 15.6. The molecular weight excluding hydrogens is 402 g/mol. The predicted molar refractivity (Wildman–Crippen MR) is 124 cm³/mol. The van der Waals surface area contributed by atoms with Crippen LogP contribution in [0.1, 0.15) is 59.3 Å². The topological polar surface area (TPSA) is 83.3 Å². The fourth-order valence-corrected chi connectivity index (χ4v) is 4.97. The van der Waals surface area contributed by atoms with Crippen molar-refractivity contribution in [3.63, 3.8) is 0 Å². The van der Waals surface area contributed by atoms with Gasteiger partial charge in [-0.25, -0.2) is 0 Å². The van der Waals surface area contributed by atoms with Gasteiger partial charge in [-0.3, -0.25) is 9.59 Å². The van der Waals surface area contributed by atoms with E-state index in [2.05, 4.69) is 17.1 Å². The van der Waals surface area contributed by atoms with Crippen molar-refractivity contribution in [3.05, 3.63) is 71.1 Å². The first kappa shape index (κ1) is 20.6. The van der Waals surface area contributed by atoms with E-state index in [1.54, 1.807) is 6.07 Å².